The minimum absolute atomic E-state index is 0.388. The number of fused-ring (bicyclic) bond motifs is 5. The van der Waals surface area contributed by atoms with E-state index in [-0.39, 0.29) is 0 Å². The molecule has 0 aromatic heterocycles. The summed E-state index contributed by atoms with van der Waals surface area (Å²) in [7, 11) is 0. The molecule has 13 heavy (non-hydrogen) atoms. The highest BCUT2D eigenvalue weighted by Gasteiger charge is 2.53. The Morgan fingerprint density at radius 1 is 1.08 bits per heavy atom. The molecule has 0 amide bonds. The summed E-state index contributed by atoms with van der Waals surface area (Å²) in [6, 6.07) is 0. The van der Waals surface area contributed by atoms with Crippen LogP contribution in [0.15, 0.2) is 12.2 Å². The highest BCUT2D eigenvalue weighted by Crippen LogP contribution is 2.55. The van der Waals surface area contributed by atoms with E-state index in [2.05, 4.69) is 6.58 Å². The van der Waals surface area contributed by atoms with E-state index < -0.39 is 0 Å². The fourth-order valence-electron chi connectivity index (χ4n) is 3.92. The second-order valence-electron chi connectivity index (χ2n) is 5.03. The standard InChI is InChI=1S/C12H16O/c1-7-5-10-8-3-2-4-9(8)11(6-7)12(10)13/h8-11H,1-6H2. The molecular formula is C12H16O. The summed E-state index contributed by atoms with van der Waals surface area (Å²) in [4.78, 5) is 11.9. The molecule has 3 fully saturated rings. The molecule has 0 saturated heterocycles. The van der Waals surface area contributed by atoms with Gasteiger partial charge in [-0.1, -0.05) is 18.6 Å². The Hall–Kier alpha value is -0.590. The first-order valence-electron chi connectivity index (χ1n) is 5.48. The third-order valence-electron chi connectivity index (χ3n) is 4.41. The van der Waals surface area contributed by atoms with E-state index >= 15 is 0 Å². The summed E-state index contributed by atoms with van der Waals surface area (Å²) in [6.45, 7) is 4.06. The molecule has 4 atom stereocenters. The maximum absolute atomic E-state index is 11.9. The van der Waals surface area contributed by atoms with Gasteiger partial charge in [-0.05, 0) is 37.5 Å². The minimum atomic E-state index is 0.388. The quantitative estimate of drug-likeness (QED) is 0.518. The zero-order valence-electron chi connectivity index (χ0n) is 7.96. The van der Waals surface area contributed by atoms with E-state index in [1.54, 1.807) is 0 Å². The number of carbonyl (C=O) groups is 1. The van der Waals surface area contributed by atoms with Gasteiger partial charge in [0.15, 0.2) is 0 Å². The first-order chi connectivity index (χ1) is 6.27. The van der Waals surface area contributed by atoms with Crippen LogP contribution < -0.4 is 0 Å². The van der Waals surface area contributed by atoms with Gasteiger partial charge in [0.2, 0.25) is 0 Å². The molecule has 0 heterocycles. The normalized spacial score (nSPS) is 48.3. The monoisotopic (exact) mass is 176 g/mol. The molecule has 0 aliphatic heterocycles. The molecule has 3 rings (SSSR count). The van der Waals surface area contributed by atoms with Crippen molar-refractivity contribution in [3.05, 3.63) is 12.2 Å². The summed E-state index contributed by atoms with van der Waals surface area (Å²) in [5.41, 5.74) is 1.34. The van der Waals surface area contributed by atoms with Gasteiger partial charge in [-0.3, -0.25) is 4.79 Å². The maximum Gasteiger partial charge on any atom is 0.140 e. The average Bonchev–Trinajstić information content (AvgIpc) is 2.60. The SMILES string of the molecule is C=C1CC2C(=O)C(C1)C1CCCC21. The third-order valence-corrected chi connectivity index (χ3v) is 4.41. The van der Waals surface area contributed by atoms with Crippen molar-refractivity contribution >= 4 is 5.78 Å². The van der Waals surface area contributed by atoms with Crippen LogP contribution in [-0.4, -0.2) is 5.78 Å². The molecule has 3 aliphatic carbocycles. The van der Waals surface area contributed by atoms with E-state index in [0.29, 0.717) is 17.6 Å². The highest BCUT2D eigenvalue weighted by atomic mass is 16.1. The molecule has 3 saturated carbocycles. The van der Waals surface area contributed by atoms with E-state index in [9.17, 15) is 4.79 Å². The van der Waals surface area contributed by atoms with Crippen LogP contribution >= 0.6 is 0 Å². The van der Waals surface area contributed by atoms with E-state index in [4.69, 9.17) is 0 Å². The van der Waals surface area contributed by atoms with Crippen molar-refractivity contribution in [3.8, 4) is 0 Å². The highest BCUT2D eigenvalue weighted by molar-refractivity contribution is 5.88. The van der Waals surface area contributed by atoms with Crippen LogP contribution in [0.2, 0.25) is 0 Å². The lowest BCUT2D eigenvalue weighted by Gasteiger charge is -2.22. The Balaban J connectivity index is 1.99. The molecule has 0 N–H and O–H groups in total. The molecule has 0 aromatic carbocycles. The van der Waals surface area contributed by atoms with Crippen LogP contribution in [0, 0.1) is 23.7 Å². The largest absolute Gasteiger partial charge is 0.299 e. The van der Waals surface area contributed by atoms with Gasteiger partial charge in [0.1, 0.15) is 5.78 Å². The summed E-state index contributed by atoms with van der Waals surface area (Å²) >= 11 is 0. The summed E-state index contributed by atoms with van der Waals surface area (Å²) in [5, 5.41) is 0. The number of Topliss-reactive ketones (excluding diaryl/α,β-unsaturated/α-hetero) is 1. The smallest absolute Gasteiger partial charge is 0.140 e. The molecule has 2 bridgehead atoms. The van der Waals surface area contributed by atoms with E-state index in [1.807, 2.05) is 0 Å². The lowest BCUT2D eigenvalue weighted by molar-refractivity contribution is -0.125. The minimum Gasteiger partial charge on any atom is -0.299 e. The van der Waals surface area contributed by atoms with Crippen molar-refractivity contribution in [1.82, 2.24) is 0 Å². The summed E-state index contributed by atoms with van der Waals surface area (Å²) < 4.78 is 0. The number of hydrogen-bond donors (Lipinski definition) is 0. The predicted octanol–water partition coefficient (Wildman–Crippen LogP) is 2.57. The summed E-state index contributed by atoms with van der Waals surface area (Å²) in [6.07, 6.45) is 6.00. The maximum atomic E-state index is 11.9. The second kappa shape index (κ2) is 2.46. The van der Waals surface area contributed by atoms with Crippen LogP contribution in [-0.2, 0) is 4.79 Å². The van der Waals surface area contributed by atoms with E-state index in [1.165, 1.54) is 24.8 Å². The third kappa shape index (κ3) is 0.905. The number of carbonyl (C=O) groups excluding carboxylic acids is 1. The molecule has 0 spiro atoms. The Morgan fingerprint density at radius 3 is 2.15 bits per heavy atom. The van der Waals surface area contributed by atoms with Gasteiger partial charge >= 0.3 is 0 Å². The molecule has 0 radical (unpaired) electrons. The first-order valence-corrected chi connectivity index (χ1v) is 5.48. The zero-order chi connectivity index (χ0) is 9.00. The van der Waals surface area contributed by atoms with Crippen molar-refractivity contribution in [3.63, 3.8) is 0 Å². The van der Waals surface area contributed by atoms with E-state index in [0.717, 1.165) is 24.7 Å². The fraction of sp³-hybridized carbons (Fsp3) is 0.750. The lowest BCUT2D eigenvalue weighted by Crippen LogP contribution is -2.23. The van der Waals surface area contributed by atoms with Gasteiger partial charge in [0, 0.05) is 11.8 Å². The Bertz CT molecular complexity index is 255. The number of allylic oxidation sites excluding steroid dienone is 1. The Morgan fingerprint density at radius 2 is 1.62 bits per heavy atom. The molecule has 1 nitrogen and oxygen atoms in total. The van der Waals surface area contributed by atoms with Gasteiger partial charge in [-0.15, -0.1) is 0 Å². The molecule has 3 aliphatic rings. The van der Waals surface area contributed by atoms with Crippen molar-refractivity contribution in [2.24, 2.45) is 23.7 Å². The number of ketones is 1. The number of rotatable bonds is 0. The number of hydrogen-bond acceptors (Lipinski definition) is 1. The van der Waals surface area contributed by atoms with Gasteiger partial charge in [0.05, 0.1) is 0 Å². The second-order valence-corrected chi connectivity index (χ2v) is 5.03. The average molecular weight is 176 g/mol. The first kappa shape index (κ1) is 7.78. The lowest BCUT2D eigenvalue weighted by atomic mass is 9.81. The van der Waals surface area contributed by atoms with Crippen LogP contribution in [0.25, 0.3) is 0 Å². The van der Waals surface area contributed by atoms with Gasteiger partial charge in [0.25, 0.3) is 0 Å². The molecule has 0 aromatic rings. The zero-order valence-corrected chi connectivity index (χ0v) is 7.96. The van der Waals surface area contributed by atoms with Crippen molar-refractivity contribution in [2.75, 3.05) is 0 Å². The topological polar surface area (TPSA) is 17.1 Å². The fourth-order valence-corrected chi connectivity index (χ4v) is 3.92. The van der Waals surface area contributed by atoms with Crippen molar-refractivity contribution in [1.29, 1.82) is 0 Å². The summed E-state index contributed by atoms with van der Waals surface area (Å²) in [5.74, 6) is 2.85. The Kier molecular flexibility index (Phi) is 1.47. The van der Waals surface area contributed by atoms with Crippen LogP contribution in [0.5, 0.6) is 0 Å². The predicted molar refractivity (Wildman–Crippen MR) is 51.2 cm³/mol. The van der Waals surface area contributed by atoms with Crippen LogP contribution in [0.1, 0.15) is 32.1 Å². The molecule has 4 unspecified atom stereocenters. The van der Waals surface area contributed by atoms with Gasteiger partial charge < -0.3 is 0 Å². The Labute approximate surface area is 79.2 Å². The van der Waals surface area contributed by atoms with Gasteiger partial charge in [-0.25, -0.2) is 0 Å². The van der Waals surface area contributed by atoms with Crippen LogP contribution in [0.4, 0.5) is 0 Å². The van der Waals surface area contributed by atoms with Crippen molar-refractivity contribution in [2.45, 2.75) is 32.1 Å². The van der Waals surface area contributed by atoms with Crippen LogP contribution in [0.3, 0.4) is 0 Å². The van der Waals surface area contributed by atoms with Gasteiger partial charge in [-0.2, -0.15) is 0 Å². The molecule has 1 heteroatoms. The molecule has 70 valence electrons. The molecular weight excluding hydrogens is 160 g/mol. The van der Waals surface area contributed by atoms with Crippen molar-refractivity contribution < 1.29 is 4.79 Å².